The molecule has 0 bridgehead atoms. The van der Waals surface area contributed by atoms with Gasteiger partial charge in [-0.1, -0.05) is 6.92 Å². The average molecular weight is 173 g/mol. The van der Waals surface area contributed by atoms with Gasteiger partial charge in [-0.05, 0) is 38.9 Å². The maximum atomic E-state index is 8.98. The Hall–Kier alpha value is -0.120. The second-order valence-corrected chi connectivity index (χ2v) is 3.91. The van der Waals surface area contributed by atoms with Crippen LogP contribution in [0.4, 0.5) is 0 Å². The van der Waals surface area contributed by atoms with Gasteiger partial charge in [-0.2, -0.15) is 0 Å². The fraction of sp³-hybridized carbons (Fsp3) is 1.00. The normalized spacial score (nSPS) is 24.8. The fourth-order valence-corrected chi connectivity index (χ4v) is 1.80. The maximum Gasteiger partial charge on any atom is 0.154 e. The third-order valence-corrected chi connectivity index (χ3v) is 2.98. The van der Waals surface area contributed by atoms with Crippen molar-refractivity contribution in [1.82, 2.24) is 4.90 Å². The Balaban J connectivity index is 2.34. The van der Waals surface area contributed by atoms with Gasteiger partial charge in [0.15, 0.2) is 6.29 Å². The Morgan fingerprint density at radius 3 is 2.17 bits per heavy atom. The molecule has 3 heteroatoms. The van der Waals surface area contributed by atoms with Gasteiger partial charge in [0, 0.05) is 5.92 Å². The molecule has 1 rings (SSSR count). The van der Waals surface area contributed by atoms with E-state index in [9.17, 15) is 0 Å². The second-order valence-electron chi connectivity index (χ2n) is 3.91. The molecular formula is C9H19NO2. The molecule has 0 saturated carbocycles. The van der Waals surface area contributed by atoms with E-state index in [-0.39, 0.29) is 5.92 Å². The molecule has 0 radical (unpaired) electrons. The van der Waals surface area contributed by atoms with Crippen molar-refractivity contribution in [2.24, 2.45) is 11.8 Å². The fourth-order valence-electron chi connectivity index (χ4n) is 1.80. The van der Waals surface area contributed by atoms with Gasteiger partial charge < -0.3 is 15.1 Å². The van der Waals surface area contributed by atoms with E-state index in [1.807, 2.05) is 6.92 Å². The molecule has 0 aliphatic carbocycles. The van der Waals surface area contributed by atoms with Crippen molar-refractivity contribution in [3.63, 3.8) is 0 Å². The minimum atomic E-state index is -1.14. The summed E-state index contributed by atoms with van der Waals surface area (Å²) >= 11 is 0. The number of rotatable bonds is 2. The first kappa shape index (κ1) is 9.96. The van der Waals surface area contributed by atoms with E-state index in [2.05, 4.69) is 11.9 Å². The first-order valence-electron chi connectivity index (χ1n) is 4.66. The third-order valence-electron chi connectivity index (χ3n) is 2.98. The molecular weight excluding hydrogens is 154 g/mol. The molecule has 12 heavy (non-hydrogen) atoms. The maximum absolute atomic E-state index is 8.98. The summed E-state index contributed by atoms with van der Waals surface area (Å²) in [4.78, 5) is 2.28. The summed E-state index contributed by atoms with van der Waals surface area (Å²) in [7, 11) is 2.11. The molecule has 1 unspecified atom stereocenters. The van der Waals surface area contributed by atoms with Crippen molar-refractivity contribution in [3.05, 3.63) is 0 Å². The largest absolute Gasteiger partial charge is 0.368 e. The van der Waals surface area contributed by atoms with Crippen LogP contribution >= 0.6 is 0 Å². The zero-order valence-corrected chi connectivity index (χ0v) is 7.90. The number of piperidine rings is 1. The SMILES string of the molecule is CC(C(O)O)C1CCN(C)CC1. The molecule has 0 aromatic carbocycles. The van der Waals surface area contributed by atoms with Crippen molar-refractivity contribution in [3.8, 4) is 0 Å². The van der Waals surface area contributed by atoms with Gasteiger partial charge in [0.2, 0.25) is 0 Å². The first-order chi connectivity index (χ1) is 5.61. The van der Waals surface area contributed by atoms with E-state index in [0.717, 1.165) is 25.9 Å². The van der Waals surface area contributed by atoms with Crippen LogP contribution in [0.3, 0.4) is 0 Å². The number of likely N-dealkylation sites (tertiary alicyclic amines) is 1. The Bertz CT molecular complexity index is 130. The first-order valence-corrected chi connectivity index (χ1v) is 4.66. The van der Waals surface area contributed by atoms with Crippen LogP contribution in [0.1, 0.15) is 19.8 Å². The number of aliphatic hydroxyl groups excluding tert-OH is 1. The van der Waals surface area contributed by atoms with Gasteiger partial charge in [-0.25, -0.2) is 0 Å². The highest BCUT2D eigenvalue weighted by Crippen LogP contribution is 2.25. The van der Waals surface area contributed by atoms with Gasteiger partial charge >= 0.3 is 0 Å². The highest BCUT2D eigenvalue weighted by atomic mass is 16.5. The van der Waals surface area contributed by atoms with Crippen LogP contribution < -0.4 is 0 Å². The number of nitrogens with zero attached hydrogens (tertiary/aromatic N) is 1. The molecule has 1 aliphatic heterocycles. The summed E-state index contributed by atoms with van der Waals surface area (Å²) in [5, 5.41) is 18.0. The lowest BCUT2D eigenvalue weighted by molar-refractivity contribution is -0.0999. The molecule has 3 nitrogen and oxygen atoms in total. The van der Waals surface area contributed by atoms with Crippen molar-refractivity contribution in [1.29, 1.82) is 0 Å². The molecule has 1 saturated heterocycles. The lowest BCUT2D eigenvalue weighted by Crippen LogP contribution is -2.36. The monoisotopic (exact) mass is 173 g/mol. The van der Waals surface area contributed by atoms with E-state index in [0.29, 0.717) is 5.92 Å². The van der Waals surface area contributed by atoms with Crippen molar-refractivity contribution < 1.29 is 10.2 Å². The van der Waals surface area contributed by atoms with Gasteiger partial charge in [0.05, 0.1) is 0 Å². The summed E-state index contributed by atoms with van der Waals surface area (Å²) < 4.78 is 0. The van der Waals surface area contributed by atoms with E-state index < -0.39 is 6.29 Å². The average Bonchev–Trinajstić information content (AvgIpc) is 2.04. The Kier molecular flexibility index (Phi) is 3.50. The lowest BCUT2D eigenvalue weighted by Gasteiger charge is -2.33. The molecule has 0 amide bonds. The predicted molar refractivity (Wildman–Crippen MR) is 47.6 cm³/mol. The van der Waals surface area contributed by atoms with Crippen LogP contribution in [-0.2, 0) is 0 Å². The number of hydrogen-bond acceptors (Lipinski definition) is 3. The van der Waals surface area contributed by atoms with E-state index in [4.69, 9.17) is 10.2 Å². The van der Waals surface area contributed by atoms with Gasteiger partial charge in [0.25, 0.3) is 0 Å². The summed E-state index contributed by atoms with van der Waals surface area (Å²) in [5.74, 6) is 0.514. The molecule has 0 aromatic heterocycles. The lowest BCUT2D eigenvalue weighted by atomic mass is 9.85. The quantitative estimate of drug-likeness (QED) is 0.589. The zero-order chi connectivity index (χ0) is 9.14. The molecule has 1 heterocycles. The summed E-state index contributed by atoms with van der Waals surface area (Å²) in [6, 6.07) is 0. The van der Waals surface area contributed by atoms with Crippen molar-refractivity contribution in [2.45, 2.75) is 26.1 Å². The van der Waals surface area contributed by atoms with Crippen LogP contribution in [0.15, 0.2) is 0 Å². The van der Waals surface area contributed by atoms with Crippen molar-refractivity contribution in [2.75, 3.05) is 20.1 Å². The smallest absolute Gasteiger partial charge is 0.154 e. The Morgan fingerprint density at radius 1 is 1.25 bits per heavy atom. The third kappa shape index (κ3) is 2.44. The van der Waals surface area contributed by atoms with Gasteiger partial charge in [0.1, 0.15) is 0 Å². The van der Waals surface area contributed by atoms with Crippen molar-refractivity contribution >= 4 is 0 Å². The topological polar surface area (TPSA) is 43.7 Å². The van der Waals surface area contributed by atoms with Crippen LogP contribution in [-0.4, -0.2) is 41.5 Å². The van der Waals surface area contributed by atoms with Gasteiger partial charge in [-0.3, -0.25) is 0 Å². The molecule has 1 fully saturated rings. The minimum Gasteiger partial charge on any atom is -0.368 e. The molecule has 1 atom stereocenters. The second kappa shape index (κ2) is 4.21. The van der Waals surface area contributed by atoms with Crippen LogP contribution in [0, 0.1) is 11.8 Å². The highest BCUT2D eigenvalue weighted by Gasteiger charge is 2.25. The van der Waals surface area contributed by atoms with Gasteiger partial charge in [-0.15, -0.1) is 0 Å². The van der Waals surface area contributed by atoms with Crippen LogP contribution in [0.25, 0.3) is 0 Å². The highest BCUT2D eigenvalue weighted by molar-refractivity contribution is 4.74. The zero-order valence-electron chi connectivity index (χ0n) is 7.90. The Morgan fingerprint density at radius 2 is 1.75 bits per heavy atom. The van der Waals surface area contributed by atoms with E-state index >= 15 is 0 Å². The number of hydrogen-bond donors (Lipinski definition) is 2. The molecule has 0 aromatic rings. The predicted octanol–water partition coefficient (Wildman–Crippen LogP) is 0.275. The summed E-state index contributed by atoms with van der Waals surface area (Å²) in [6.07, 6.45) is 1.04. The van der Waals surface area contributed by atoms with Crippen LogP contribution in [0.2, 0.25) is 0 Å². The minimum absolute atomic E-state index is 0.0266. The molecule has 1 aliphatic rings. The summed E-state index contributed by atoms with van der Waals surface area (Å²) in [6.45, 7) is 4.09. The Labute approximate surface area is 74.0 Å². The standard InChI is InChI=1S/C9H19NO2/c1-7(9(11)12)8-3-5-10(2)6-4-8/h7-9,11-12H,3-6H2,1-2H3. The van der Waals surface area contributed by atoms with E-state index in [1.54, 1.807) is 0 Å². The van der Waals surface area contributed by atoms with E-state index in [1.165, 1.54) is 0 Å². The van der Waals surface area contributed by atoms with Crippen LogP contribution in [0.5, 0.6) is 0 Å². The molecule has 2 N–H and O–H groups in total. The number of aliphatic hydroxyl groups is 2. The molecule has 72 valence electrons. The summed E-state index contributed by atoms with van der Waals surface area (Å²) in [5.41, 5.74) is 0. The molecule has 0 spiro atoms.